The largest absolute Gasteiger partial charge is 0.380 e. The summed E-state index contributed by atoms with van der Waals surface area (Å²) in [6.45, 7) is 7.83. The molecular weight excluding hydrogens is 212 g/mol. The lowest BCUT2D eigenvalue weighted by atomic mass is 9.84. The fourth-order valence-electron chi connectivity index (χ4n) is 2.75. The summed E-state index contributed by atoms with van der Waals surface area (Å²) in [6.07, 6.45) is 9.30. The topological polar surface area (TPSA) is 18.5 Å². The van der Waals surface area contributed by atoms with E-state index in [1.54, 1.807) is 5.57 Å². The molecule has 0 aromatic heterocycles. The van der Waals surface area contributed by atoms with E-state index in [1.807, 2.05) is 0 Å². The molecule has 0 N–H and O–H groups in total. The molecule has 1 aliphatic heterocycles. The Balaban J connectivity index is 1.64. The Labute approximate surface area is 105 Å². The van der Waals surface area contributed by atoms with E-state index < -0.39 is 0 Å². The molecule has 1 heterocycles. The highest BCUT2D eigenvalue weighted by molar-refractivity contribution is 5.04. The fourth-order valence-corrected chi connectivity index (χ4v) is 2.75. The van der Waals surface area contributed by atoms with Crippen LogP contribution in [0.25, 0.3) is 0 Å². The van der Waals surface area contributed by atoms with Crippen molar-refractivity contribution < 1.29 is 9.47 Å². The van der Waals surface area contributed by atoms with E-state index in [0.29, 0.717) is 0 Å². The highest BCUT2D eigenvalue weighted by Gasteiger charge is 2.33. The lowest BCUT2D eigenvalue weighted by Gasteiger charge is -2.37. The number of rotatable bonds is 5. The molecule has 0 bridgehead atoms. The first-order valence-electron chi connectivity index (χ1n) is 7.02. The minimum Gasteiger partial charge on any atom is -0.380 e. The van der Waals surface area contributed by atoms with Gasteiger partial charge in [0.25, 0.3) is 0 Å². The average Bonchev–Trinajstić information content (AvgIpc) is 2.33. The first-order valence-corrected chi connectivity index (χ1v) is 7.02. The van der Waals surface area contributed by atoms with Crippen LogP contribution in [0.3, 0.4) is 0 Å². The van der Waals surface area contributed by atoms with E-state index in [0.717, 1.165) is 32.3 Å². The van der Waals surface area contributed by atoms with Gasteiger partial charge in [-0.3, -0.25) is 0 Å². The minimum atomic E-state index is 0.284. The molecular formula is C15H26O2. The molecule has 1 aliphatic carbocycles. The summed E-state index contributed by atoms with van der Waals surface area (Å²) < 4.78 is 11.0. The molecule has 0 aromatic carbocycles. The summed E-state index contributed by atoms with van der Waals surface area (Å²) in [5.41, 5.74) is 1.83. The van der Waals surface area contributed by atoms with E-state index in [9.17, 15) is 0 Å². The van der Waals surface area contributed by atoms with Gasteiger partial charge < -0.3 is 9.47 Å². The van der Waals surface area contributed by atoms with Gasteiger partial charge in [-0.2, -0.15) is 0 Å². The van der Waals surface area contributed by atoms with Crippen LogP contribution in [-0.2, 0) is 9.47 Å². The number of hydrogen-bond donors (Lipinski definition) is 0. The van der Waals surface area contributed by atoms with Gasteiger partial charge in [-0.25, -0.2) is 0 Å². The standard InChI is InChI=1S/C15H26O2/c1-13(14-6-4-3-5-7-14)8-9-16-10-15(2)11-17-12-15/h8,14H,3-7,9-12H2,1-2H3/b13-8-. The molecule has 2 fully saturated rings. The van der Waals surface area contributed by atoms with Crippen LogP contribution in [0, 0.1) is 11.3 Å². The predicted octanol–water partition coefficient (Wildman–Crippen LogP) is 3.57. The molecule has 0 spiro atoms. The Morgan fingerprint density at radius 2 is 2.00 bits per heavy atom. The maximum absolute atomic E-state index is 5.75. The fraction of sp³-hybridized carbons (Fsp3) is 0.867. The SMILES string of the molecule is C/C(=C/COCC1(C)COC1)C1CCCCC1. The molecule has 2 nitrogen and oxygen atoms in total. The van der Waals surface area contributed by atoms with Crippen molar-refractivity contribution in [3.05, 3.63) is 11.6 Å². The second-order valence-electron chi connectivity index (χ2n) is 6.10. The van der Waals surface area contributed by atoms with E-state index in [2.05, 4.69) is 19.9 Å². The first-order chi connectivity index (χ1) is 8.20. The van der Waals surface area contributed by atoms with Crippen LogP contribution >= 0.6 is 0 Å². The van der Waals surface area contributed by atoms with E-state index in [4.69, 9.17) is 9.47 Å². The zero-order chi connectivity index (χ0) is 12.1. The first kappa shape index (κ1) is 13.1. The van der Waals surface area contributed by atoms with Crippen LogP contribution in [-0.4, -0.2) is 26.4 Å². The normalized spacial score (nSPS) is 25.6. The van der Waals surface area contributed by atoms with Crippen LogP contribution in [0.15, 0.2) is 11.6 Å². The van der Waals surface area contributed by atoms with Crippen molar-refractivity contribution in [3.63, 3.8) is 0 Å². The van der Waals surface area contributed by atoms with E-state index in [-0.39, 0.29) is 5.41 Å². The molecule has 17 heavy (non-hydrogen) atoms. The lowest BCUT2D eigenvalue weighted by molar-refractivity contribution is -0.135. The molecule has 1 saturated carbocycles. The van der Waals surface area contributed by atoms with E-state index in [1.165, 1.54) is 32.1 Å². The second-order valence-corrected chi connectivity index (χ2v) is 6.10. The summed E-state index contributed by atoms with van der Waals surface area (Å²) >= 11 is 0. The average molecular weight is 238 g/mol. The van der Waals surface area contributed by atoms with Crippen LogP contribution < -0.4 is 0 Å². The third kappa shape index (κ3) is 3.82. The molecule has 0 unspecified atom stereocenters. The highest BCUT2D eigenvalue weighted by atomic mass is 16.5. The molecule has 1 saturated heterocycles. The second kappa shape index (κ2) is 6.01. The van der Waals surface area contributed by atoms with Crippen molar-refractivity contribution in [3.8, 4) is 0 Å². The summed E-state index contributed by atoms with van der Waals surface area (Å²) in [5.74, 6) is 0.829. The van der Waals surface area contributed by atoms with Gasteiger partial charge in [-0.1, -0.05) is 37.8 Å². The summed E-state index contributed by atoms with van der Waals surface area (Å²) in [7, 11) is 0. The van der Waals surface area contributed by atoms with Crippen molar-refractivity contribution in [1.82, 2.24) is 0 Å². The monoisotopic (exact) mass is 238 g/mol. The molecule has 2 aliphatic rings. The van der Waals surface area contributed by atoms with Crippen LogP contribution in [0.4, 0.5) is 0 Å². The Morgan fingerprint density at radius 3 is 2.59 bits per heavy atom. The van der Waals surface area contributed by atoms with Crippen LogP contribution in [0.2, 0.25) is 0 Å². The Hall–Kier alpha value is -0.340. The van der Waals surface area contributed by atoms with Crippen molar-refractivity contribution >= 4 is 0 Å². The van der Waals surface area contributed by atoms with Crippen molar-refractivity contribution in [2.24, 2.45) is 11.3 Å². The van der Waals surface area contributed by atoms with Gasteiger partial charge in [0.1, 0.15) is 0 Å². The van der Waals surface area contributed by atoms with Crippen LogP contribution in [0.1, 0.15) is 46.0 Å². The van der Waals surface area contributed by atoms with Gasteiger partial charge in [0, 0.05) is 5.41 Å². The van der Waals surface area contributed by atoms with Crippen LogP contribution in [0.5, 0.6) is 0 Å². The van der Waals surface area contributed by atoms with E-state index >= 15 is 0 Å². The zero-order valence-corrected chi connectivity index (χ0v) is 11.3. The Kier molecular flexibility index (Phi) is 4.63. The van der Waals surface area contributed by atoms with Gasteiger partial charge in [-0.05, 0) is 25.7 Å². The summed E-state index contributed by atoms with van der Waals surface area (Å²) in [4.78, 5) is 0. The minimum absolute atomic E-state index is 0.284. The third-order valence-corrected chi connectivity index (χ3v) is 4.12. The Bertz CT molecular complexity index is 260. The molecule has 0 aromatic rings. The number of allylic oxidation sites excluding steroid dienone is 1. The maximum atomic E-state index is 5.75. The number of ether oxygens (including phenoxy) is 2. The maximum Gasteiger partial charge on any atom is 0.0650 e. The van der Waals surface area contributed by atoms with Gasteiger partial charge in [0.2, 0.25) is 0 Å². The number of hydrogen-bond acceptors (Lipinski definition) is 2. The van der Waals surface area contributed by atoms with Crippen molar-refractivity contribution in [2.75, 3.05) is 26.4 Å². The summed E-state index contributed by atoms with van der Waals surface area (Å²) in [6, 6.07) is 0. The van der Waals surface area contributed by atoms with Gasteiger partial charge in [0.05, 0.1) is 26.4 Å². The van der Waals surface area contributed by atoms with Gasteiger partial charge in [0.15, 0.2) is 0 Å². The molecule has 0 atom stereocenters. The smallest absolute Gasteiger partial charge is 0.0650 e. The zero-order valence-electron chi connectivity index (χ0n) is 11.3. The van der Waals surface area contributed by atoms with Gasteiger partial charge >= 0.3 is 0 Å². The summed E-state index contributed by atoms with van der Waals surface area (Å²) in [5, 5.41) is 0. The lowest BCUT2D eigenvalue weighted by Crippen LogP contribution is -2.43. The highest BCUT2D eigenvalue weighted by Crippen LogP contribution is 2.29. The molecule has 2 rings (SSSR count). The third-order valence-electron chi connectivity index (χ3n) is 4.12. The Morgan fingerprint density at radius 1 is 1.29 bits per heavy atom. The van der Waals surface area contributed by atoms with Crippen molar-refractivity contribution in [1.29, 1.82) is 0 Å². The van der Waals surface area contributed by atoms with Gasteiger partial charge in [-0.15, -0.1) is 0 Å². The molecule has 2 heteroatoms. The molecule has 0 radical (unpaired) electrons. The predicted molar refractivity (Wildman–Crippen MR) is 70.1 cm³/mol. The quantitative estimate of drug-likeness (QED) is 0.538. The molecule has 98 valence electrons. The molecule has 0 amide bonds. The van der Waals surface area contributed by atoms with Crippen molar-refractivity contribution in [2.45, 2.75) is 46.0 Å².